The molecule has 32 heavy (non-hydrogen) atoms. The predicted molar refractivity (Wildman–Crippen MR) is 113 cm³/mol. The highest BCUT2D eigenvalue weighted by atomic mass is 19.4. The molecule has 2 aromatic carbocycles. The van der Waals surface area contributed by atoms with E-state index >= 15 is 0 Å². The van der Waals surface area contributed by atoms with E-state index in [0.717, 1.165) is 12.1 Å². The van der Waals surface area contributed by atoms with E-state index in [-0.39, 0.29) is 23.5 Å². The summed E-state index contributed by atoms with van der Waals surface area (Å²) in [5.74, 6) is -0.147. The van der Waals surface area contributed by atoms with E-state index in [9.17, 15) is 23.1 Å². The van der Waals surface area contributed by atoms with Gasteiger partial charge in [-0.15, -0.1) is 0 Å². The zero-order chi connectivity index (χ0) is 23.0. The Hall–Kier alpha value is -3.68. The van der Waals surface area contributed by atoms with Crippen LogP contribution in [0.4, 0.5) is 13.2 Å². The maximum absolute atomic E-state index is 13.2. The molecular weight excluding hydrogens is 423 g/mol. The molecule has 1 N–H and O–H groups in total. The molecular formula is C24H20F3NO4. The summed E-state index contributed by atoms with van der Waals surface area (Å²) in [7, 11) is 0. The molecule has 2 aromatic heterocycles. The smallest absolute Gasteiger partial charge is 0.416 e. The van der Waals surface area contributed by atoms with Crippen molar-refractivity contribution in [2.24, 2.45) is 0 Å². The predicted octanol–water partition coefficient (Wildman–Crippen LogP) is 6.16. The minimum atomic E-state index is -4.51. The number of hydrogen-bond acceptors (Lipinski definition) is 4. The van der Waals surface area contributed by atoms with E-state index < -0.39 is 17.7 Å². The summed E-state index contributed by atoms with van der Waals surface area (Å²) in [6.45, 7) is 3.91. The highest BCUT2D eigenvalue weighted by Crippen LogP contribution is 2.39. The number of fused-ring (bicyclic) bond motifs is 1. The number of phenols is 1. The van der Waals surface area contributed by atoms with Crippen LogP contribution in [0, 0.1) is 6.92 Å². The summed E-state index contributed by atoms with van der Waals surface area (Å²) >= 11 is 0. The maximum atomic E-state index is 13.2. The van der Waals surface area contributed by atoms with E-state index in [0.29, 0.717) is 34.5 Å². The molecule has 0 unspecified atom stereocenters. The Kier molecular flexibility index (Phi) is 5.46. The average Bonchev–Trinajstić information content (AvgIpc) is 3.34. The Morgan fingerprint density at radius 1 is 1.16 bits per heavy atom. The molecule has 0 bridgehead atoms. The summed E-state index contributed by atoms with van der Waals surface area (Å²) in [6, 6.07) is 11.2. The van der Waals surface area contributed by atoms with Crippen molar-refractivity contribution in [1.29, 1.82) is 0 Å². The number of benzene rings is 2. The molecule has 0 spiro atoms. The quantitative estimate of drug-likeness (QED) is 0.375. The van der Waals surface area contributed by atoms with Crippen LogP contribution in [0.5, 0.6) is 5.75 Å². The summed E-state index contributed by atoms with van der Waals surface area (Å²) in [5, 5.41) is 11.1. The average molecular weight is 443 g/mol. The largest absolute Gasteiger partial charge is 0.507 e. The van der Waals surface area contributed by atoms with E-state index in [2.05, 4.69) is 0 Å². The van der Waals surface area contributed by atoms with Crippen LogP contribution < -0.4 is 0 Å². The molecule has 0 saturated heterocycles. The first kappa shape index (κ1) is 21.5. The van der Waals surface area contributed by atoms with Crippen molar-refractivity contribution in [2.75, 3.05) is 6.61 Å². The number of furan rings is 1. The third-order valence-electron chi connectivity index (χ3n) is 5.32. The van der Waals surface area contributed by atoms with Gasteiger partial charge >= 0.3 is 12.1 Å². The second-order valence-corrected chi connectivity index (χ2v) is 7.31. The van der Waals surface area contributed by atoms with Gasteiger partial charge in [0.25, 0.3) is 0 Å². The lowest BCUT2D eigenvalue weighted by molar-refractivity contribution is -0.137. The number of hydrogen-bond donors (Lipinski definition) is 1. The van der Waals surface area contributed by atoms with Gasteiger partial charge in [0.15, 0.2) is 0 Å². The Labute approximate surface area is 181 Å². The van der Waals surface area contributed by atoms with Crippen LogP contribution in [0.2, 0.25) is 0 Å². The van der Waals surface area contributed by atoms with Crippen LogP contribution in [0.3, 0.4) is 0 Å². The first-order valence-corrected chi connectivity index (χ1v) is 9.93. The molecule has 0 aliphatic carbocycles. The third-order valence-corrected chi connectivity index (χ3v) is 5.32. The van der Waals surface area contributed by atoms with Crippen LogP contribution in [-0.2, 0) is 17.5 Å². The van der Waals surface area contributed by atoms with Gasteiger partial charge in [0, 0.05) is 16.6 Å². The third kappa shape index (κ3) is 3.84. The monoisotopic (exact) mass is 443 g/mol. The Balaban J connectivity index is 1.95. The zero-order valence-electron chi connectivity index (χ0n) is 17.4. The SMILES string of the molecule is CCOC(=O)c1c(C)n(Cc2ccco2)c2cc(-c3cccc(C(F)(F)F)c3)c(O)cc12. The fourth-order valence-corrected chi connectivity index (χ4v) is 3.83. The summed E-state index contributed by atoms with van der Waals surface area (Å²) in [5.41, 5.74) is 1.06. The van der Waals surface area contributed by atoms with Crippen LogP contribution in [0.1, 0.15) is 34.3 Å². The zero-order valence-corrected chi connectivity index (χ0v) is 17.4. The number of ether oxygens (including phenoxy) is 1. The standard InChI is InChI=1S/C24H20F3NO4/c1-3-31-23(30)22-14(2)28(13-17-8-5-9-32-17)20-11-18(21(29)12-19(20)22)15-6-4-7-16(10-15)24(25,26)27/h4-12,29H,3,13H2,1-2H3. The molecule has 0 atom stereocenters. The van der Waals surface area contributed by atoms with Gasteiger partial charge in [-0.25, -0.2) is 4.79 Å². The molecule has 2 heterocycles. The van der Waals surface area contributed by atoms with Gasteiger partial charge in [0.05, 0.1) is 36.1 Å². The number of carbonyl (C=O) groups excluding carboxylic acids is 1. The lowest BCUT2D eigenvalue weighted by atomic mass is 9.99. The van der Waals surface area contributed by atoms with Gasteiger partial charge in [-0.2, -0.15) is 13.2 Å². The molecule has 0 saturated carbocycles. The van der Waals surface area contributed by atoms with Crippen molar-refractivity contribution in [1.82, 2.24) is 4.57 Å². The van der Waals surface area contributed by atoms with E-state index in [1.54, 1.807) is 32.0 Å². The van der Waals surface area contributed by atoms with E-state index in [4.69, 9.17) is 9.15 Å². The molecule has 0 amide bonds. The number of carbonyl (C=O) groups is 1. The minimum Gasteiger partial charge on any atom is -0.507 e. The molecule has 8 heteroatoms. The Bertz CT molecular complexity index is 1290. The van der Waals surface area contributed by atoms with Gasteiger partial charge in [-0.05, 0) is 55.8 Å². The molecule has 0 aliphatic rings. The van der Waals surface area contributed by atoms with Gasteiger partial charge < -0.3 is 18.8 Å². The normalized spacial score (nSPS) is 11.8. The number of esters is 1. The number of phenolic OH excluding ortho intramolecular Hbond substituents is 1. The first-order valence-electron chi connectivity index (χ1n) is 9.93. The highest BCUT2D eigenvalue weighted by molar-refractivity contribution is 6.07. The number of aromatic hydroxyl groups is 1. The number of aromatic nitrogens is 1. The Morgan fingerprint density at radius 2 is 1.94 bits per heavy atom. The van der Waals surface area contributed by atoms with Crippen molar-refractivity contribution >= 4 is 16.9 Å². The first-order chi connectivity index (χ1) is 15.2. The van der Waals surface area contributed by atoms with Crippen molar-refractivity contribution in [3.63, 3.8) is 0 Å². The number of halogens is 3. The Morgan fingerprint density at radius 3 is 2.59 bits per heavy atom. The number of nitrogens with zero attached hydrogens (tertiary/aromatic N) is 1. The summed E-state index contributed by atoms with van der Waals surface area (Å²) in [6.07, 6.45) is -2.98. The van der Waals surface area contributed by atoms with Gasteiger partial charge in [-0.3, -0.25) is 0 Å². The lowest BCUT2D eigenvalue weighted by Gasteiger charge is -2.12. The fraction of sp³-hybridized carbons (Fsp3) is 0.208. The van der Waals surface area contributed by atoms with E-state index in [1.807, 2.05) is 4.57 Å². The van der Waals surface area contributed by atoms with Crippen LogP contribution in [-0.4, -0.2) is 22.2 Å². The molecule has 166 valence electrons. The fourth-order valence-electron chi connectivity index (χ4n) is 3.83. The molecule has 0 fully saturated rings. The summed E-state index contributed by atoms with van der Waals surface area (Å²) < 4.78 is 52.1. The second kappa shape index (κ2) is 8.11. The summed E-state index contributed by atoms with van der Waals surface area (Å²) in [4.78, 5) is 12.7. The topological polar surface area (TPSA) is 64.6 Å². The van der Waals surface area contributed by atoms with Crippen molar-refractivity contribution in [3.05, 3.63) is 77.4 Å². The molecule has 4 aromatic rings. The highest BCUT2D eigenvalue weighted by Gasteiger charge is 2.31. The minimum absolute atomic E-state index is 0.178. The van der Waals surface area contributed by atoms with Gasteiger partial charge in [0.1, 0.15) is 11.5 Å². The molecule has 0 radical (unpaired) electrons. The number of alkyl halides is 3. The van der Waals surface area contributed by atoms with Crippen molar-refractivity contribution in [2.45, 2.75) is 26.6 Å². The molecule has 0 aliphatic heterocycles. The van der Waals surface area contributed by atoms with Gasteiger partial charge in [0.2, 0.25) is 0 Å². The lowest BCUT2D eigenvalue weighted by Crippen LogP contribution is -2.08. The van der Waals surface area contributed by atoms with Crippen molar-refractivity contribution < 1.29 is 32.2 Å². The van der Waals surface area contributed by atoms with E-state index in [1.165, 1.54) is 24.5 Å². The van der Waals surface area contributed by atoms with Gasteiger partial charge in [-0.1, -0.05) is 12.1 Å². The van der Waals surface area contributed by atoms with Crippen LogP contribution >= 0.6 is 0 Å². The van der Waals surface area contributed by atoms with Crippen LogP contribution in [0.15, 0.2) is 59.2 Å². The van der Waals surface area contributed by atoms with Crippen LogP contribution in [0.25, 0.3) is 22.0 Å². The maximum Gasteiger partial charge on any atom is 0.416 e. The second-order valence-electron chi connectivity index (χ2n) is 7.31. The van der Waals surface area contributed by atoms with Crippen molar-refractivity contribution in [3.8, 4) is 16.9 Å². The number of rotatable bonds is 5. The molecule has 5 nitrogen and oxygen atoms in total. The molecule has 4 rings (SSSR count).